The Hall–Kier alpha value is -0.700. The van der Waals surface area contributed by atoms with E-state index in [4.69, 9.17) is 0 Å². The molecule has 1 heterocycles. The van der Waals surface area contributed by atoms with Gasteiger partial charge >= 0.3 is 0 Å². The Labute approximate surface area is 100 Å². The van der Waals surface area contributed by atoms with Crippen LogP contribution in [-0.4, -0.2) is 11.1 Å². The average Bonchev–Trinajstić information content (AvgIpc) is 2.59. The molecule has 1 aliphatic heterocycles. The summed E-state index contributed by atoms with van der Waals surface area (Å²) < 4.78 is 0. The predicted octanol–water partition coefficient (Wildman–Crippen LogP) is 3.17. The standard InChI is InChI=1S/C13H27N3/c1-11(2)16-10-12(14-15-16)8-6-7-9-13(3,4)5/h10-11,14-15H,6-9H2,1-5H3. The molecule has 3 heteroatoms. The van der Waals surface area contributed by atoms with Crippen molar-refractivity contribution in [3.63, 3.8) is 0 Å². The third-order valence-corrected chi connectivity index (χ3v) is 2.82. The maximum absolute atomic E-state index is 3.22. The highest BCUT2D eigenvalue weighted by Gasteiger charge is 2.14. The molecule has 0 radical (unpaired) electrons. The van der Waals surface area contributed by atoms with Gasteiger partial charge in [0.15, 0.2) is 0 Å². The van der Waals surface area contributed by atoms with Crippen LogP contribution in [0.1, 0.15) is 60.3 Å². The van der Waals surface area contributed by atoms with E-state index in [1.807, 2.05) is 0 Å². The molecule has 0 saturated heterocycles. The number of hydrazine groups is 2. The van der Waals surface area contributed by atoms with Crippen molar-refractivity contribution in [3.8, 4) is 0 Å². The summed E-state index contributed by atoms with van der Waals surface area (Å²) in [6.07, 6.45) is 7.21. The molecule has 0 bridgehead atoms. The van der Waals surface area contributed by atoms with Crippen molar-refractivity contribution in [2.45, 2.75) is 66.3 Å². The second-order valence-corrected chi connectivity index (χ2v) is 6.16. The van der Waals surface area contributed by atoms with Crippen molar-refractivity contribution >= 4 is 0 Å². The molecule has 0 aromatic carbocycles. The van der Waals surface area contributed by atoms with Crippen LogP contribution in [0.25, 0.3) is 0 Å². The van der Waals surface area contributed by atoms with Gasteiger partial charge in [0.05, 0.1) is 0 Å². The number of rotatable bonds is 5. The topological polar surface area (TPSA) is 27.3 Å². The van der Waals surface area contributed by atoms with Crippen LogP contribution >= 0.6 is 0 Å². The van der Waals surface area contributed by atoms with Crippen LogP contribution in [0.5, 0.6) is 0 Å². The fraction of sp³-hybridized carbons (Fsp3) is 0.846. The van der Waals surface area contributed by atoms with E-state index in [0.29, 0.717) is 11.5 Å². The number of hydrogen-bond acceptors (Lipinski definition) is 3. The zero-order chi connectivity index (χ0) is 12.2. The van der Waals surface area contributed by atoms with Gasteiger partial charge in [-0.1, -0.05) is 27.2 Å². The van der Waals surface area contributed by atoms with Gasteiger partial charge in [0.2, 0.25) is 0 Å². The molecule has 1 aliphatic rings. The molecular weight excluding hydrogens is 198 g/mol. The molecule has 1 rings (SSSR count). The van der Waals surface area contributed by atoms with Gasteiger partial charge in [-0.05, 0) is 38.5 Å². The summed E-state index contributed by atoms with van der Waals surface area (Å²) in [5.74, 6) is 0. The van der Waals surface area contributed by atoms with Crippen molar-refractivity contribution in [3.05, 3.63) is 11.9 Å². The molecule has 0 fully saturated rings. The Kier molecular flexibility index (Phi) is 4.66. The molecule has 0 saturated carbocycles. The highest BCUT2D eigenvalue weighted by Crippen LogP contribution is 2.23. The number of hydrogen-bond donors (Lipinski definition) is 2. The van der Waals surface area contributed by atoms with Gasteiger partial charge in [-0.3, -0.25) is 5.01 Å². The van der Waals surface area contributed by atoms with Crippen LogP contribution in [0.3, 0.4) is 0 Å². The zero-order valence-electron chi connectivity index (χ0n) is 11.4. The van der Waals surface area contributed by atoms with E-state index in [1.54, 1.807) is 0 Å². The number of nitrogens with one attached hydrogen (secondary N) is 2. The molecule has 3 nitrogen and oxygen atoms in total. The van der Waals surface area contributed by atoms with Crippen molar-refractivity contribution < 1.29 is 0 Å². The van der Waals surface area contributed by atoms with Crippen LogP contribution in [0.4, 0.5) is 0 Å². The van der Waals surface area contributed by atoms with Crippen LogP contribution in [0.15, 0.2) is 11.9 Å². The first-order valence-electron chi connectivity index (χ1n) is 6.39. The monoisotopic (exact) mass is 225 g/mol. The van der Waals surface area contributed by atoms with Gasteiger partial charge in [0.1, 0.15) is 0 Å². The van der Waals surface area contributed by atoms with Gasteiger partial charge in [0, 0.05) is 17.9 Å². The van der Waals surface area contributed by atoms with Crippen LogP contribution < -0.4 is 11.0 Å². The lowest BCUT2D eigenvalue weighted by molar-refractivity contribution is 0.221. The largest absolute Gasteiger partial charge is 0.306 e. The Bertz CT molecular complexity index is 238. The lowest BCUT2D eigenvalue weighted by Gasteiger charge is -2.18. The summed E-state index contributed by atoms with van der Waals surface area (Å²) in [6, 6.07) is 0.500. The van der Waals surface area contributed by atoms with E-state index in [9.17, 15) is 0 Å². The molecule has 94 valence electrons. The molecule has 0 unspecified atom stereocenters. The quantitative estimate of drug-likeness (QED) is 0.704. The van der Waals surface area contributed by atoms with Crippen molar-refractivity contribution in [1.29, 1.82) is 0 Å². The molecule has 0 amide bonds. The molecule has 0 aromatic heterocycles. The highest BCUT2D eigenvalue weighted by molar-refractivity contribution is 5.02. The van der Waals surface area contributed by atoms with E-state index >= 15 is 0 Å². The molecule has 16 heavy (non-hydrogen) atoms. The van der Waals surface area contributed by atoms with Crippen LogP contribution in [-0.2, 0) is 0 Å². The SMILES string of the molecule is CC(C)N1C=C(CCCCC(C)(C)C)NN1. The molecule has 2 N–H and O–H groups in total. The smallest absolute Gasteiger partial charge is 0.0453 e. The lowest BCUT2D eigenvalue weighted by atomic mass is 9.89. The number of nitrogens with zero attached hydrogens (tertiary/aromatic N) is 1. The molecule has 0 aromatic rings. The summed E-state index contributed by atoms with van der Waals surface area (Å²) in [5, 5.41) is 2.11. The first-order valence-corrected chi connectivity index (χ1v) is 6.39. The molecule has 0 aliphatic carbocycles. The Morgan fingerprint density at radius 2 is 1.94 bits per heavy atom. The molecule has 0 atom stereocenters. The highest BCUT2D eigenvalue weighted by atomic mass is 15.7. The van der Waals surface area contributed by atoms with Crippen molar-refractivity contribution in [2.75, 3.05) is 0 Å². The predicted molar refractivity (Wildman–Crippen MR) is 69.3 cm³/mol. The van der Waals surface area contributed by atoms with Crippen LogP contribution in [0, 0.1) is 5.41 Å². The van der Waals surface area contributed by atoms with Crippen molar-refractivity contribution in [1.82, 2.24) is 16.0 Å². The Balaban J connectivity index is 2.17. The maximum Gasteiger partial charge on any atom is 0.0453 e. The van der Waals surface area contributed by atoms with E-state index in [1.165, 1.54) is 25.0 Å². The third kappa shape index (κ3) is 4.88. The summed E-state index contributed by atoms with van der Waals surface area (Å²) in [6.45, 7) is 11.3. The average molecular weight is 225 g/mol. The lowest BCUT2D eigenvalue weighted by Crippen LogP contribution is -2.40. The second-order valence-electron chi connectivity index (χ2n) is 6.16. The Morgan fingerprint density at radius 1 is 1.25 bits per heavy atom. The molecule has 0 spiro atoms. The number of allylic oxidation sites excluding steroid dienone is 1. The summed E-state index contributed by atoms with van der Waals surface area (Å²) in [5.41, 5.74) is 8.16. The summed E-state index contributed by atoms with van der Waals surface area (Å²) >= 11 is 0. The van der Waals surface area contributed by atoms with Crippen LogP contribution in [0.2, 0.25) is 0 Å². The number of unbranched alkanes of at least 4 members (excludes halogenated alkanes) is 1. The normalized spacial score (nSPS) is 16.6. The minimum atomic E-state index is 0.472. The van der Waals surface area contributed by atoms with Gasteiger partial charge in [-0.2, -0.15) is 0 Å². The second kappa shape index (κ2) is 5.58. The summed E-state index contributed by atoms with van der Waals surface area (Å²) in [4.78, 5) is 0. The van der Waals surface area contributed by atoms with E-state index in [0.717, 1.165) is 6.42 Å². The van der Waals surface area contributed by atoms with E-state index < -0.39 is 0 Å². The summed E-state index contributed by atoms with van der Waals surface area (Å²) in [7, 11) is 0. The van der Waals surface area contributed by atoms with Gasteiger partial charge < -0.3 is 5.43 Å². The van der Waals surface area contributed by atoms with Gasteiger partial charge in [-0.25, -0.2) is 0 Å². The van der Waals surface area contributed by atoms with Gasteiger partial charge in [0.25, 0.3) is 0 Å². The molecular formula is C13H27N3. The fourth-order valence-corrected chi connectivity index (χ4v) is 1.74. The Morgan fingerprint density at radius 3 is 2.44 bits per heavy atom. The van der Waals surface area contributed by atoms with E-state index in [2.05, 4.69) is 56.8 Å². The fourth-order valence-electron chi connectivity index (χ4n) is 1.74. The first kappa shape index (κ1) is 13.4. The zero-order valence-corrected chi connectivity index (χ0v) is 11.4. The third-order valence-electron chi connectivity index (χ3n) is 2.82. The van der Waals surface area contributed by atoms with Gasteiger partial charge in [-0.15, -0.1) is 5.53 Å². The maximum atomic E-state index is 3.22. The minimum absolute atomic E-state index is 0.472. The minimum Gasteiger partial charge on any atom is -0.306 e. The van der Waals surface area contributed by atoms with E-state index in [-0.39, 0.29) is 0 Å². The van der Waals surface area contributed by atoms with Crippen molar-refractivity contribution in [2.24, 2.45) is 5.41 Å². The first-order chi connectivity index (χ1) is 7.38.